The molecule has 2 aromatic rings. The summed E-state index contributed by atoms with van der Waals surface area (Å²) < 4.78 is 6.17. The molecule has 0 aliphatic heterocycles. The Hall–Kier alpha value is -2.01. The lowest BCUT2D eigenvalue weighted by atomic mass is 10.1. The van der Waals surface area contributed by atoms with Crippen molar-refractivity contribution in [2.24, 2.45) is 0 Å². The van der Waals surface area contributed by atoms with E-state index in [4.69, 9.17) is 10.5 Å². The molecular weight excluding hydrogens is 332 g/mol. The SMILES string of the molecule is CCOc1ccc(C(=O)Nc2ccc(C)c(N)c2)cc1Br. The zero-order valence-electron chi connectivity index (χ0n) is 11.9. The Morgan fingerprint density at radius 1 is 1.29 bits per heavy atom. The Labute approximate surface area is 132 Å². The van der Waals surface area contributed by atoms with Crippen LogP contribution in [0.25, 0.3) is 0 Å². The van der Waals surface area contributed by atoms with E-state index < -0.39 is 0 Å². The highest BCUT2D eigenvalue weighted by Crippen LogP contribution is 2.26. The van der Waals surface area contributed by atoms with Gasteiger partial charge >= 0.3 is 0 Å². The van der Waals surface area contributed by atoms with E-state index in [0.29, 0.717) is 29.3 Å². The molecule has 0 unspecified atom stereocenters. The predicted molar refractivity (Wildman–Crippen MR) is 88.9 cm³/mol. The lowest BCUT2D eigenvalue weighted by Gasteiger charge is -2.10. The van der Waals surface area contributed by atoms with E-state index in [0.717, 1.165) is 10.0 Å². The van der Waals surface area contributed by atoms with Crippen LogP contribution in [0.5, 0.6) is 5.75 Å². The highest BCUT2D eigenvalue weighted by molar-refractivity contribution is 9.10. The van der Waals surface area contributed by atoms with Crippen LogP contribution in [0.1, 0.15) is 22.8 Å². The van der Waals surface area contributed by atoms with E-state index in [9.17, 15) is 4.79 Å². The molecular formula is C16H17BrN2O2. The van der Waals surface area contributed by atoms with E-state index in [2.05, 4.69) is 21.2 Å². The lowest BCUT2D eigenvalue weighted by molar-refractivity contribution is 0.102. The number of hydrogen-bond donors (Lipinski definition) is 2. The van der Waals surface area contributed by atoms with Gasteiger partial charge in [0.1, 0.15) is 5.75 Å². The maximum Gasteiger partial charge on any atom is 0.255 e. The molecule has 110 valence electrons. The first-order valence-electron chi connectivity index (χ1n) is 6.61. The Morgan fingerprint density at radius 2 is 2.05 bits per heavy atom. The minimum atomic E-state index is -0.193. The van der Waals surface area contributed by atoms with E-state index in [1.54, 1.807) is 24.3 Å². The maximum absolute atomic E-state index is 12.2. The standard InChI is InChI=1S/C16H17BrN2O2/c1-3-21-15-7-5-11(8-13(15)17)16(20)19-12-6-4-10(2)14(18)9-12/h4-9H,3,18H2,1-2H3,(H,19,20). The first-order chi connectivity index (χ1) is 10.0. The Balaban J connectivity index is 2.16. The van der Waals surface area contributed by atoms with Crippen LogP contribution in [-0.2, 0) is 0 Å². The Bertz CT molecular complexity index is 671. The van der Waals surface area contributed by atoms with Crippen molar-refractivity contribution in [3.8, 4) is 5.75 Å². The number of anilines is 2. The van der Waals surface area contributed by atoms with E-state index in [1.165, 1.54) is 0 Å². The summed E-state index contributed by atoms with van der Waals surface area (Å²) in [4.78, 5) is 12.2. The number of benzene rings is 2. The van der Waals surface area contributed by atoms with Gasteiger partial charge in [-0.05, 0) is 65.7 Å². The minimum absolute atomic E-state index is 0.193. The van der Waals surface area contributed by atoms with Crippen molar-refractivity contribution < 1.29 is 9.53 Å². The molecule has 0 aliphatic rings. The largest absolute Gasteiger partial charge is 0.493 e. The van der Waals surface area contributed by atoms with Gasteiger partial charge in [-0.25, -0.2) is 0 Å². The van der Waals surface area contributed by atoms with Crippen LogP contribution in [0, 0.1) is 6.92 Å². The van der Waals surface area contributed by atoms with E-state index in [1.807, 2.05) is 26.0 Å². The molecule has 1 amide bonds. The molecule has 5 heteroatoms. The Morgan fingerprint density at radius 3 is 2.67 bits per heavy atom. The zero-order valence-corrected chi connectivity index (χ0v) is 13.5. The zero-order chi connectivity index (χ0) is 15.4. The molecule has 3 N–H and O–H groups in total. The van der Waals surface area contributed by atoms with Gasteiger partial charge in [0.15, 0.2) is 0 Å². The van der Waals surface area contributed by atoms with Gasteiger partial charge in [-0.1, -0.05) is 6.07 Å². The third-order valence-corrected chi connectivity index (χ3v) is 3.65. The third-order valence-electron chi connectivity index (χ3n) is 3.03. The van der Waals surface area contributed by atoms with Gasteiger partial charge < -0.3 is 15.8 Å². The molecule has 0 saturated carbocycles. The van der Waals surface area contributed by atoms with Crippen LogP contribution in [0.15, 0.2) is 40.9 Å². The smallest absolute Gasteiger partial charge is 0.255 e. The topological polar surface area (TPSA) is 64.3 Å². The molecule has 0 saturated heterocycles. The fourth-order valence-corrected chi connectivity index (χ4v) is 2.33. The summed E-state index contributed by atoms with van der Waals surface area (Å²) in [6.07, 6.45) is 0. The number of halogens is 1. The van der Waals surface area contributed by atoms with Crippen molar-refractivity contribution in [3.63, 3.8) is 0 Å². The van der Waals surface area contributed by atoms with Gasteiger partial charge in [0.25, 0.3) is 5.91 Å². The molecule has 4 nitrogen and oxygen atoms in total. The average molecular weight is 349 g/mol. The highest BCUT2D eigenvalue weighted by atomic mass is 79.9. The van der Waals surface area contributed by atoms with Crippen LogP contribution < -0.4 is 15.8 Å². The van der Waals surface area contributed by atoms with Crippen LogP contribution in [0.3, 0.4) is 0 Å². The number of nitrogens with one attached hydrogen (secondary N) is 1. The molecule has 0 atom stereocenters. The second-order valence-electron chi connectivity index (χ2n) is 4.60. The van der Waals surface area contributed by atoms with Crippen LogP contribution in [0.2, 0.25) is 0 Å². The summed E-state index contributed by atoms with van der Waals surface area (Å²) in [5, 5.41) is 2.82. The first kappa shape index (κ1) is 15.4. The normalized spacial score (nSPS) is 10.2. The van der Waals surface area contributed by atoms with E-state index in [-0.39, 0.29) is 5.91 Å². The van der Waals surface area contributed by atoms with E-state index >= 15 is 0 Å². The summed E-state index contributed by atoms with van der Waals surface area (Å²) in [6.45, 7) is 4.41. The predicted octanol–water partition coefficient (Wildman–Crippen LogP) is 3.99. The second-order valence-corrected chi connectivity index (χ2v) is 5.46. The maximum atomic E-state index is 12.2. The number of nitrogens with two attached hydrogens (primary N) is 1. The van der Waals surface area contributed by atoms with Gasteiger partial charge in [0.2, 0.25) is 0 Å². The lowest BCUT2D eigenvalue weighted by Crippen LogP contribution is -2.12. The van der Waals surface area contributed by atoms with Crippen molar-refractivity contribution >= 4 is 33.2 Å². The number of rotatable bonds is 4. The fraction of sp³-hybridized carbons (Fsp3) is 0.188. The molecule has 0 aromatic heterocycles. The van der Waals surface area contributed by atoms with Crippen molar-refractivity contribution in [2.75, 3.05) is 17.7 Å². The van der Waals surface area contributed by atoms with Crippen molar-refractivity contribution in [3.05, 3.63) is 52.0 Å². The summed E-state index contributed by atoms with van der Waals surface area (Å²) in [6, 6.07) is 10.7. The number of carbonyl (C=O) groups is 1. The van der Waals surface area contributed by atoms with Crippen LogP contribution in [0.4, 0.5) is 11.4 Å². The molecule has 21 heavy (non-hydrogen) atoms. The fourth-order valence-electron chi connectivity index (χ4n) is 1.84. The number of ether oxygens (including phenoxy) is 1. The molecule has 0 heterocycles. The van der Waals surface area contributed by atoms with Gasteiger partial charge in [0.05, 0.1) is 11.1 Å². The molecule has 2 aromatic carbocycles. The number of carbonyl (C=O) groups excluding carboxylic acids is 1. The average Bonchev–Trinajstić information content (AvgIpc) is 2.45. The van der Waals surface area contributed by atoms with Crippen LogP contribution in [-0.4, -0.2) is 12.5 Å². The van der Waals surface area contributed by atoms with Crippen molar-refractivity contribution in [2.45, 2.75) is 13.8 Å². The first-order valence-corrected chi connectivity index (χ1v) is 7.40. The third kappa shape index (κ3) is 3.76. The number of amides is 1. The van der Waals surface area contributed by atoms with Crippen molar-refractivity contribution in [1.82, 2.24) is 0 Å². The molecule has 0 bridgehead atoms. The summed E-state index contributed by atoms with van der Waals surface area (Å²) in [5.41, 5.74) is 8.69. The quantitative estimate of drug-likeness (QED) is 0.821. The number of nitrogen functional groups attached to an aromatic ring is 1. The highest BCUT2D eigenvalue weighted by Gasteiger charge is 2.10. The van der Waals surface area contributed by atoms with Crippen molar-refractivity contribution in [1.29, 1.82) is 0 Å². The molecule has 2 rings (SSSR count). The van der Waals surface area contributed by atoms with Gasteiger partial charge in [0, 0.05) is 16.9 Å². The minimum Gasteiger partial charge on any atom is -0.493 e. The second kappa shape index (κ2) is 6.63. The molecule has 0 radical (unpaired) electrons. The summed E-state index contributed by atoms with van der Waals surface area (Å²) >= 11 is 3.40. The van der Waals surface area contributed by atoms with Crippen LogP contribution >= 0.6 is 15.9 Å². The van der Waals surface area contributed by atoms with Gasteiger partial charge in [-0.2, -0.15) is 0 Å². The molecule has 0 fully saturated rings. The number of aryl methyl sites for hydroxylation is 1. The van der Waals surface area contributed by atoms with Gasteiger partial charge in [-0.3, -0.25) is 4.79 Å². The monoisotopic (exact) mass is 348 g/mol. The molecule has 0 spiro atoms. The van der Waals surface area contributed by atoms with Gasteiger partial charge in [-0.15, -0.1) is 0 Å². The summed E-state index contributed by atoms with van der Waals surface area (Å²) in [5.74, 6) is 0.524. The summed E-state index contributed by atoms with van der Waals surface area (Å²) in [7, 11) is 0. The number of hydrogen-bond acceptors (Lipinski definition) is 3. The molecule has 0 aliphatic carbocycles. The Kier molecular flexibility index (Phi) is 4.85.